The second kappa shape index (κ2) is 7.51. The number of ether oxygens (including phenoxy) is 1. The molecule has 1 amide bonds. The zero-order valence-corrected chi connectivity index (χ0v) is 15.4. The van der Waals surface area contributed by atoms with Crippen LogP contribution in [0.3, 0.4) is 0 Å². The number of anilines is 1. The molecule has 5 nitrogen and oxygen atoms in total. The summed E-state index contributed by atoms with van der Waals surface area (Å²) in [6.07, 6.45) is 0. The minimum Gasteiger partial charge on any atom is -0.378 e. The predicted molar refractivity (Wildman–Crippen MR) is 97.1 cm³/mol. The lowest BCUT2D eigenvalue weighted by molar-refractivity contribution is 0.0750. The van der Waals surface area contributed by atoms with E-state index in [0.29, 0.717) is 19.7 Å². The fraction of sp³-hybridized carbons (Fsp3) is 0.412. The molecule has 0 unspecified atom stereocenters. The summed E-state index contributed by atoms with van der Waals surface area (Å²) in [5.74, 6) is 0.0677. The van der Waals surface area contributed by atoms with Gasteiger partial charge in [-0.05, 0) is 25.1 Å². The van der Waals surface area contributed by atoms with Gasteiger partial charge in [0.05, 0.1) is 12.3 Å². The number of thiazole rings is 1. The van der Waals surface area contributed by atoms with Crippen molar-refractivity contribution in [2.45, 2.75) is 13.5 Å². The molecule has 0 aliphatic carbocycles. The van der Waals surface area contributed by atoms with E-state index in [1.54, 1.807) is 7.11 Å². The van der Waals surface area contributed by atoms with Gasteiger partial charge in [0.15, 0.2) is 0 Å². The van der Waals surface area contributed by atoms with Gasteiger partial charge in [0.25, 0.3) is 5.91 Å². The molecule has 1 fully saturated rings. The number of amides is 1. The molecule has 1 aliphatic rings. The Balaban J connectivity index is 1.65. The number of piperazine rings is 1. The lowest BCUT2D eigenvalue weighted by Crippen LogP contribution is -2.48. The van der Waals surface area contributed by atoms with Crippen LogP contribution < -0.4 is 4.90 Å². The van der Waals surface area contributed by atoms with Crippen LogP contribution in [0.5, 0.6) is 0 Å². The number of hydrogen-bond donors (Lipinski definition) is 0. The van der Waals surface area contributed by atoms with Gasteiger partial charge < -0.3 is 14.5 Å². The van der Waals surface area contributed by atoms with Crippen molar-refractivity contribution in [3.8, 4) is 0 Å². The molecular formula is C17H20ClN3O2S. The highest BCUT2D eigenvalue weighted by molar-refractivity contribution is 7.13. The number of rotatable bonds is 4. The molecule has 1 aromatic heterocycles. The molecule has 0 bridgehead atoms. The number of aryl methyl sites for hydroxylation is 1. The van der Waals surface area contributed by atoms with Crippen LogP contribution in [0.1, 0.15) is 20.4 Å². The summed E-state index contributed by atoms with van der Waals surface area (Å²) in [4.78, 5) is 22.0. The number of benzene rings is 1. The van der Waals surface area contributed by atoms with Crippen LogP contribution in [0.2, 0.25) is 5.02 Å². The summed E-state index contributed by atoms with van der Waals surface area (Å²) < 4.78 is 5.10. The Morgan fingerprint density at radius 1 is 1.33 bits per heavy atom. The highest BCUT2D eigenvalue weighted by Crippen LogP contribution is 2.24. The molecule has 0 atom stereocenters. The lowest BCUT2D eigenvalue weighted by Gasteiger charge is -2.36. The Hall–Kier alpha value is -1.63. The molecule has 24 heavy (non-hydrogen) atoms. The van der Waals surface area contributed by atoms with E-state index in [-0.39, 0.29) is 5.91 Å². The first-order valence-corrected chi connectivity index (χ1v) is 9.03. The monoisotopic (exact) mass is 365 g/mol. The van der Waals surface area contributed by atoms with E-state index in [2.05, 4.69) is 9.88 Å². The van der Waals surface area contributed by atoms with Crippen LogP contribution in [0.25, 0.3) is 0 Å². The smallest absolute Gasteiger partial charge is 0.265 e. The lowest BCUT2D eigenvalue weighted by atomic mass is 10.2. The second-order valence-electron chi connectivity index (χ2n) is 5.71. The van der Waals surface area contributed by atoms with Crippen LogP contribution in [0.15, 0.2) is 24.3 Å². The van der Waals surface area contributed by atoms with Gasteiger partial charge in [-0.3, -0.25) is 4.79 Å². The summed E-state index contributed by atoms with van der Waals surface area (Å²) in [6.45, 7) is 5.32. The molecule has 2 aromatic rings. The zero-order valence-electron chi connectivity index (χ0n) is 13.8. The summed E-state index contributed by atoms with van der Waals surface area (Å²) in [5, 5.41) is 1.58. The van der Waals surface area contributed by atoms with E-state index in [0.717, 1.165) is 39.4 Å². The quantitative estimate of drug-likeness (QED) is 0.834. The molecule has 0 radical (unpaired) electrons. The van der Waals surface area contributed by atoms with Gasteiger partial charge in [-0.15, -0.1) is 11.3 Å². The van der Waals surface area contributed by atoms with Gasteiger partial charge in [0.2, 0.25) is 0 Å². The normalized spacial score (nSPS) is 15.0. The number of carbonyl (C=O) groups excluding carboxylic acids is 1. The maximum atomic E-state index is 12.8. The SMILES string of the molecule is COCc1nc(C)c(C(=O)N2CCN(c3cccc(Cl)c3)CC2)s1. The van der Waals surface area contributed by atoms with Crippen molar-refractivity contribution in [2.24, 2.45) is 0 Å². The van der Waals surface area contributed by atoms with Crippen LogP contribution >= 0.6 is 22.9 Å². The van der Waals surface area contributed by atoms with Crippen LogP contribution in [0.4, 0.5) is 5.69 Å². The molecule has 0 N–H and O–H groups in total. The summed E-state index contributed by atoms with van der Waals surface area (Å²) in [7, 11) is 1.63. The summed E-state index contributed by atoms with van der Waals surface area (Å²) in [5.41, 5.74) is 1.89. The minimum atomic E-state index is 0.0677. The van der Waals surface area contributed by atoms with Crippen molar-refractivity contribution in [3.05, 3.63) is 44.9 Å². The van der Waals surface area contributed by atoms with E-state index in [1.807, 2.05) is 36.1 Å². The fourth-order valence-electron chi connectivity index (χ4n) is 2.82. The number of hydrogen-bond acceptors (Lipinski definition) is 5. The van der Waals surface area contributed by atoms with Crippen molar-refractivity contribution >= 4 is 34.5 Å². The maximum absolute atomic E-state index is 12.8. The van der Waals surface area contributed by atoms with Gasteiger partial charge in [-0.25, -0.2) is 4.98 Å². The summed E-state index contributed by atoms with van der Waals surface area (Å²) in [6, 6.07) is 7.83. The third-order valence-electron chi connectivity index (χ3n) is 4.04. The largest absolute Gasteiger partial charge is 0.378 e. The minimum absolute atomic E-state index is 0.0677. The number of carbonyl (C=O) groups is 1. The molecule has 1 aromatic carbocycles. The van der Waals surface area contributed by atoms with Crippen molar-refractivity contribution in [1.82, 2.24) is 9.88 Å². The molecular weight excluding hydrogens is 346 g/mol. The third-order valence-corrected chi connectivity index (χ3v) is 5.40. The summed E-state index contributed by atoms with van der Waals surface area (Å²) >= 11 is 7.49. The van der Waals surface area contributed by atoms with Crippen molar-refractivity contribution in [3.63, 3.8) is 0 Å². The van der Waals surface area contributed by atoms with Crippen molar-refractivity contribution < 1.29 is 9.53 Å². The third kappa shape index (κ3) is 3.71. The van der Waals surface area contributed by atoms with Crippen LogP contribution in [-0.2, 0) is 11.3 Å². The topological polar surface area (TPSA) is 45.7 Å². The Morgan fingerprint density at radius 3 is 2.75 bits per heavy atom. The standard InChI is InChI=1S/C17H20ClN3O2S/c1-12-16(24-15(19-12)11-23-2)17(22)21-8-6-20(7-9-21)14-5-3-4-13(18)10-14/h3-5,10H,6-9,11H2,1-2H3. The first kappa shape index (κ1) is 17.2. The van der Waals surface area contributed by atoms with Gasteiger partial charge in [0.1, 0.15) is 9.88 Å². The molecule has 1 aliphatic heterocycles. The van der Waals surface area contributed by atoms with Gasteiger partial charge >= 0.3 is 0 Å². The van der Waals surface area contributed by atoms with E-state index in [9.17, 15) is 4.79 Å². The number of aromatic nitrogens is 1. The predicted octanol–water partition coefficient (Wildman–Crippen LogP) is 3.21. The Bertz CT molecular complexity index is 726. The molecule has 128 valence electrons. The van der Waals surface area contributed by atoms with Crippen molar-refractivity contribution in [2.75, 3.05) is 38.2 Å². The fourth-order valence-corrected chi connectivity index (χ4v) is 4.01. The molecule has 0 spiro atoms. The molecule has 3 rings (SSSR count). The number of methoxy groups -OCH3 is 1. The Labute approximate surface area is 150 Å². The van der Waals surface area contributed by atoms with E-state index >= 15 is 0 Å². The van der Waals surface area contributed by atoms with Gasteiger partial charge in [-0.1, -0.05) is 17.7 Å². The van der Waals surface area contributed by atoms with Crippen LogP contribution in [0, 0.1) is 6.92 Å². The Morgan fingerprint density at radius 2 is 2.08 bits per heavy atom. The number of nitrogens with zero attached hydrogens (tertiary/aromatic N) is 3. The Kier molecular flexibility index (Phi) is 5.38. The van der Waals surface area contributed by atoms with Gasteiger partial charge in [0, 0.05) is 44.0 Å². The highest BCUT2D eigenvalue weighted by Gasteiger charge is 2.25. The molecule has 7 heteroatoms. The first-order valence-electron chi connectivity index (χ1n) is 7.83. The average Bonchev–Trinajstić information content (AvgIpc) is 2.95. The zero-order chi connectivity index (χ0) is 17.1. The van der Waals surface area contributed by atoms with Crippen molar-refractivity contribution in [1.29, 1.82) is 0 Å². The van der Waals surface area contributed by atoms with E-state index in [4.69, 9.17) is 16.3 Å². The average molecular weight is 366 g/mol. The highest BCUT2D eigenvalue weighted by atomic mass is 35.5. The number of halogens is 1. The maximum Gasteiger partial charge on any atom is 0.265 e. The van der Waals surface area contributed by atoms with E-state index < -0.39 is 0 Å². The second-order valence-corrected chi connectivity index (χ2v) is 7.23. The molecule has 1 saturated heterocycles. The van der Waals surface area contributed by atoms with Crippen LogP contribution in [-0.4, -0.2) is 49.1 Å². The van der Waals surface area contributed by atoms with Gasteiger partial charge in [-0.2, -0.15) is 0 Å². The molecule has 2 heterocycles. The van der Waals surface area contributed by atoms with E-state index in [1.165, 1.54) is 11.3 Å². The first-order chi connectivity index (χ1) is 11.6. The molecule has 0 saturated carbocycles.